The Hall–Kier alpha value is -2.47. The Morgan fingerprint density at radius 1 is 0.962 bits per heavy atom. The molecule has 136 valence electrons. The summed E-state index contributed by atoms with van der Waals surface area (Å²) >= 11 is 5.82. The largest absolute Gasteiger partial charge is 0.352 e. The van der Waals surface area contributed by atoms with E-state index in [-0.39, 0.29) is 24.5 Å². The zero-order valence-corrected chi connectivity index (χ0v) is 15.4. The number of hydrogen-bond acceptors (Lipinski definition) is 5. The molecule has 3 rings (SSSR count). The first-order valence-corrected chi connectivity index (χ1v) is 9.02. The summed E-state index contributed by atoms with van der Waals surface area (Å²) in [4.78, 5) is 28.5. The summed E-state index contributed by atoms with van der Waals surface area (Å²) < 4.78 is 0. The van der Waals surface area contributed by atoms with Gasteiger partial charge in [0.15, 0.2) is 11.6 Å². The molecule has 1 fully saturated rings. The minimum atomic E-state index is -0.0383. The highest BCUT2D eigenvalue weighted by Gasteiger charge is 2.22. The van der Waals surface area contributed by atoms with E-state index in [0.717, 1.165) is 11.5 Å². The molecule has 1 saturated heterocycles. The Morgan fingerprint density at radius 3 is 2.27 bits per heavy atom. The molecule has 1 amide bonds. The van der Waals surface area contributed by atoms with Crippen LogP contribution in [0.3, 0.4) is 0 Å². The van der Waals surface area contributed by atoms with Crippen LogP contribution < -0.4 is 4.90 Å². The van der Waals surface area contributed by atoms with Gasteiger partial charge >= 0.3 is 0 Å². The SMILES string of the molecule is Cc1ccc(N2CCN(C(=O)CCC(=O)c3ccc(Cl)cc3)CC2)nn1. The van der Waals surface area contributed by atoms with E-state index >= 15 is 0 Å². The van der Waals surface area contributed by atoms with E-state index < -0.39 is 0 Å². The van der Waals surface area contributed by atoms with Crippen molar-refractivity contribution in [1.29, 1.82) is 0 Å². The van der Waals surface area contributed by atoms with Gasteiger partial charge in [-0.15, -0.1) is 5.10 Å². The number of nitrogens with zero attached hydrogens (tertiary/aromatic N) is 4. The summed E-state index contributed by atoms with van der Waals surface area (Å²) in [5.74, 6) is 0.811. The van der Waals surface area contributed by atoms with E-state index in [9.17, 15) is 9.59 Å². The maximum absolute atomic E-state index is 12.4. The highest BCUT2D eigenvalue weighted by Crippen LogP contribution is 2.15. The van der Waals surface area contributed by atoms with E-state index in [1.165, 1.54) is 0 Å². The molecule has 7 heteroatoms. The molecule has 0 radical (unpaired) electrons. The maximum Gasteiger partial charge on any atom is 0.223 e. The molecule has 6 nitrogen and oxygen atoms in total. The monoisotopic (exact) mass is 372 g/mol. The van der Waals surface area contributed by atoms with Gasteiger partial charge in [0, 0.05) is 49.6 Å². The topological polar surface area (TPSA) is 66.4 Å². The lowest BCUT2D eigenvalue weighted by atomic mass is 10.1. The molecule has 1 aliphatic rings. The van der Waals surface area contributed by atoms with Crippen molar-refractivity contribution in [3.05, 3.63) is 52.7 Å². The highest BCUT2D eigenvalue weighted by molar-refractivity contribution is 6.30. The van der Waals surface area contributed by atoms with Crippen LogP contribution in [-0.2, 0) is 4.79 Å². The summed E-state index contributed by atoms with van der Waals surface area (Å²) in [5.41, 5.74) is 1.47. The van der Waals surface area contributed by atoms with E-state index in [1.807, 2.05) is 24.0 Å². The second-order valence-electron chi connectivity index (χ2n) is 6.33. The third-order valence-electron chi connectivity index (χ3n) is 4.47. The number of rotatable bonds is 5. The number of aromatic nitrogens is 2. The average molecular weight is 373 g/mol. The van der Waals surface area contributed by atoms with Gasteiger partial charge in [-0.3, -0.25) is 9.59 Å². The first kappa shape index (κ1) is 18.3. The minimum Gasteiger partial charge on any atom is -0.352 e. The second kappa shape index (κ2) is 8.27. The molecule has 2 aromatic rings. The third kappa shape index (κ3) is 4.58. The van der Waals surface area contributed by atoms with Crippen LogP contribution >= 0.6 is 11.6 Å². The smallest absolute Gasteiger partial charge is 0.223 e. The number of anilines is 1. The molecule has 0 N–H and O–H groups in total. The minimum absolute atomic E-state index is 0.0157. The summed E-state index contributed by atoms with van der Waals surface area (Å²) in [6.45, 7) is 4.59. The van der Waals surface area contributed by atoms with Gasteiger partial charge in [0.1, 0.15) is 0 Å². The number of piperazine rings is 1. The van der Waals surface area contributed by atoms with Crippen molar-refractivity contribution in [2.24, 2.45) is 0 Å². The normalized spacial score (nSPS) is 14.4. The maximum atomic E-state index is 12.4. The number of ketones is 1. The standard InChI is InChI=1S/C19H21ClN4O2/c1-14-2-8-18(22-21-14)23-10-12-24(13-11-23)19(26)9-7-17(25)15-3-5-16(20)6-4-15/h2-6,8H,7,9-13H2,1H3. The molecule has 0 aliphatic carbocycles. The van der Waals surface area contributed by atoms with Crippen LogP contribution in [0.25, 0.3) is 0 Å². The van der Waals surface area contributed by atoms with E-state index in [2.05, 4.69) is 15.1 Å². The van der Waals surface area contributed by atoms with E-state index in [1.54, 1.807) is 24.3 Å². The number of benzene rings is 1. The molecule has 1 aromatic heterocycles. The van der Waals surface area contributed by atoms with Crippen LogP contribution in [0.1, 0.15) is 28.9 Å². The van der Waals surface area contributed by atoms with Gasteiger partial charge < -0.3 is 9.80 Å². The Kier molecular flexibility index (Phi) is 5.83. The van der Waals surface area contributed by atoms with Crippen LogP contribution in [-0.4, -0.2) is 53.0 Å². The predicted octanol–water partition coefficient (Wildman–Crippen LogP) is 2.75. The number of amides is 1. The van der Waals surface area contributed by atoms with Crippen molar-refractivity contribution in [2.45, 2.75) is 19.8 Å². The molecular formula is C19H21ClN4O2. The molecular weight excluding hydrogens is 352 g/mol. The fourth-order valence-corrected chi connectivity index (χ4v) is 3.03. The average Bonchev–Trinajstić information content (AvgIpc) is 2.67. The number of Topliss-reactive ketones (excluding diaryl/α,β-unsaturated/α-hetero) is 1. The molecule has 26 heavy (non-hydrogen) atoms. The van der Waals surface area contributed by atoms with Crippen molar-refractivity contribution in [3.8, 4) is 0 Å². The van der Waals surface area contributed by atoms with Crippen molar-refractivity contribution in [3.63, 3.8) is 0 Å². The predicted molar refractivity (Wildman–Crippen MR) is 101 cm³/mol. The van der Waals surface area contributed by atoms with Gasteiger partial charge in [0.25, 0.3) is 0 Å². The molecule has 2 heterocycles. The number of halogens is 1. The van der Waals surface area contributed by atoms with Crippen molar-refractivity contribution in [2.75, 3.05) is 31.1 Å². The van der Waals surface area contributed by atoms with Crippen molar-refractivity contribution < 1.29 is 9.59 Å². The van der Waals surface area contributed by atoms with Crippen LogP contribution in [0, 0.1) is 6.92 Å². The Balaban J connectivity index is 1.47. The highest BCUT2D eigenvalue weighted by atomic mass is 35.5. The molecule has 0 atom stereocenters. The van der Waals surface area contributed by atoms with Crippen LogP contribution in [0.4, 0.5) is 5.82 Å². The third-order valence-corrected chi connectivity index (χ3v) is 4.72. The second-order valence-corrected chi connectivity index (χ2v) is 6.77. The lowest BCUT2D eigenvalue weighted by Crippen LogP contribution is -2.49. The van der Waals surface area contributed by atoms with Crippen molar-refractivity contribution in [1.82, 2.24) is 15.1 Å². The number of hydrogen-bond donors (Lipinski definition) is 0. The van der Waals surface area contributed by atoms with E-state index in [4.69, 9.17) is 11.6 Å². The van der Waals surface area contributed by atoms with E-state index in [0.29, 0.717) is 36.8 Å². The molecule has 0 spiro atoms. The van der Waals surface area contributed by atoms with Crippen molar-refractivity contribution >= 4 is 29.1 Å². The molecule has 0 bridgehead atoms. The summed E-state index contributed by atoms with van der Waals surface area (Å²) in [7, 11) is 0. The van der Waals surface area contributed by atoms with Gasteiger partial charge in [-0.1, -0.05) is 11.6 Å². The Bertz CT molecular complexity index is 769. The fourth-order valence-electron chi connectivity index (χ4n) is 2.90. The summed E-state index contributed by atoms with van der Waals surface area (Å²) in [6, 6.07) is 10.6. The van der Waals surface area contributed by atoms with Gasteiger partial charge in [-0.25, -0.2) is 0 Å². The first-order valence-electron chi connectivity index (χ1n) is 8.65. The van der Waals surface area contributed by atoms with Crippen LogP contribution in [0.2, 0.25) is 5.02 Å². The first-order chi connectivity index (χ1) is 12.5. The lowest BCUT2D eigenvalue weighted by Gasteiger charge is -2.35. The zero-order valence-electron chi connectivity index (χ0n) is 14.7. The van der Waals surface area contributed by atoms with Gasteiger partial charge in [0.2, 0.25) is 5.91 Å². The number of carbonyl (C=O) groups excluding carboxylic acids is 2. The van der Waals surface area contributed by atoms with Gasteiger partial charge in [-0.2, -0.15) is 5.10 Å². The Morgan fingerprint density at radius 2 is 1.65 bits per heavy atom. The van der Waals surface area contributed by atoms with Crippen LogP contribution in [0.15, 0.2) is 36.4 Å². The zero-order chi connectivity index (χ0) is 18.5. The number of carbonyl (C=O) groups is 2. The van der Waals surface area contributed by atoms with Gasteiger partial charge in [0.05, 0.1) is 5.69 Å². The molecule has 0 saturated carbocycles. The fraction of sp³-hybridized carbons (Fsp3) is 0.368. The molecule has 0 unspecified atom stereocenters. The quantitative estimate of drug-likeness (QED) is 0.755. The Labute approximate surface area is 157 Å². The van der Waals surface area contributed by atoms with Crippen LogP contribution in [0.5, 0.6) is 0 Å². The number of aryl methyl sites for hydroxylation is 1. The molecule has 1 aromatic carbocycles. The summed E-state index contributed by atoms with van der Waals surface area (Å²) in [6.07, 6.45) is 0.440. The lowest BCUT2D eigenvalue weighted by molar-refractivity contribution is -0.131. The van der Waals surface area contributed by atoms with Gasteiger partial charge in [-0.05, 0) is 43.3 Å². The summed E-state index contributed by atoms with van der Waals surface area (Å²) in [5, 5.41) is 8.85. The molecule has 1 aliphatic heterocycles.